The first-order valence-electron chi connectivity index (χ1n) is 5.73. The van der Waals surface area contributed by atoms with Crippen molar-refractivity contribution < 1.29 is 4.79 Å². The van der Waals surface area contributed by atoms with Gasteiger partial charge in [-0.1, -0.05) is 6.07 Å². The second-order valence-corrected chi connectivity index (χ2v) is 4.36. The van der Waals surface area contributed by atoms with Gasteiger partial charge in [0.05, 0.1) is 16.5 Å². The maximum atomic E-state index is 11.7. The van der Waals surface area contributed by atoms with E-state index in [9.17, 15) is 14.4 Å². The van der Waals surface area contributed by atoms with Crippen LogP contribution < -0.4 is 16.4 Å². The predicted octanol–water partition coefficient (Wildman–Crippen LogP) is 1.17. The summed E-state index contributed by atoms with van der Waals surface area (Å²) in [5, 5.41) is 7.49. The number of hydrogen-bond donors (Lipinski definition) is 3. The molecule has 2 rings (SSSR count). The molecule has 1 aromatic heterocycles. The molecule has 100 valence electrons. The number of aromatic nitrogens is 2. The first kappa shape index (κ1) is 13.4. The molecule has 6 nitrogen and oxygen atoms in total. The van der Waals surface area contributed by atoms with Crippen molar-refractivity contribution in [1.82, 2.24) is 10.2 Å². The van der Waals surface area contributed by atoms with Gasteiger partial charge < -0.3 is 5.32 Å². The van der Waals surface area contributed by atoms with Gasteiger partial charge in [-0.05, 0) is 18.6 Å². The molecule has 1 aromatic carbocycles. The average molecular weight is 282 g/mol. The highest BCUT2D eigenvalue weighted by Gasteiger charge is 2.10. The highest BCUT2D eigenvalue weighted by Crippen LogP contribution is 2.17. The Morgan fingerprint density at radius 2 is 1.95 bits per heavy atom. The number of hydrogen-bond acceptors (Lipinski definition) is 3. The van der Waals surface area contributed by atoms with Gasteiger partial charge in [-0.15, -0.1) is 11.6 Å². The molecule has 0 bridgehead atoms. The Hall–Kier alpha value is -2.08. The molecular formula is C12H12ClN3O3. The van der Waals surface area contributed by atoms with E-state index in [1.54, 1.807) is 12.1 Å². The van der Waals surface area contributed by atoms with Crippen LogP contribution in [0.5, 0.6) is 0 Å². The van der Waals surface area contributed by atoms with E-state index in [2.05, 4.69) is 15.5 Å². The molecule has 19 heavy (non-hydrogen) atoms. The van der Waals surface area contributed by atoms with Gasteiger partial charge in [0.1, 0.15) is 0 Å². The first-order valence-corrected chi connectivity index (χ1v) is 6.26. The van der Waals surface area contributed by atoms with Crippen LogP contribution >= 0.6 is 11.6 Å². The molecule has 0 spiro atoms. The molecule has 0 aliphatic rings. The molecule has 3 N–H and O–H groups in total. The number of fused-ring (bicyclic) bond motifs is 1. The molecule has 0 aliphatic heterocycles. The minimum atomic E-state index is -0.456. The van der Waals surface area contributed by atoms with E-state index in [0.29, 0.717) is 18.0 Å². The molecule has 0 aliphatic carbocycles. The molecular weight excluding hydrogens is 270 g/mol. The SMILES string of the molecule is O=C(CCCCl)Nc1cccc2c(=O)[nH][nH]c(=O)c12. The third-order valence-corrected chi connectivity index (χ3v) is 2.90. The Labute approximate surface area is 112 Å². The van der Waals surface area contributed by atoms with Gasteiger partial charge in [0, 0.05) is 12.3 Å². The summed E-state index contributed by atoms with van der Waals surface area (Å²) in [5.41, 5.74) is -0.543. The number of halogens is 1. The minimum absolute atomic E-state index is 0.172. The Morgan fingerprint density at radius 3 is 2.68 bits per heavy atom. The maximum absolute atomic E-state index is 11.7. The third-order valence-electron chi connectivity index (χ3n) is 2.64. The van der Waals surface area contributed by atoms with Crippen LogP contribution in [0.3, 0.4) is 0 Å². The molecule has 7 heteroatoms. The molecule has 1 amide bonds. The van der Waals surface area contributed by atoms with Crippen LogP contribution in [0.2, 0.25) is 0 Å². The Balaban J connectivity index is 2.44. The number of benzene rings is 1. The number of rotatable bonds is 4. The highest BCUT2D eigenvalue weighted by atomic mass is 35.5. The standard InChI is InChI=1S/C12H12ClN3O3/c13-6-2-5-9(17)14-8-4-1-3-7-10(8)12(19)16-15-11(7)18/h1,3-4H,2,5-6H2,(H,14,17)(H,15,18)(H,16,19). The highest BCUT2D eigenvalue weighted by molar-refractivity contribution is 6.18. The Morgan fingerprint density at radius 1 is 1.21 bits per heavy atom. The number of aromatic amines is 2. The van der Waals surface area contributed by atoms with E-state index in [1.807, 2.05) is 0 Å². The zero-order valence-corrected chi connectivity index (χ0v) is 10.7. The Kier molecular flexibility index (Phi) is 4.01. The van der Waals surface area contributed by atoms with Crippen molar-refractivity contribution >= 4 is 34.0 Å². The summed E-state index contributed by atoms with van der Waals surface area (Å²) in [6, 6.07) is 4.71. The summed E-state index contributed by atoms with van der Waals surface area (Å²) in [4.78, 5) is 35.0. The molecule has 0 fully saturated rings. The van der Waals surface area contributed by atoms with Crippen LogP contribution in [0.15, 0.2) is 27.8 Å². The monoisotopic (exact) mass is 281 g/mol. The second-order valence-electron chi connectivity index (χ2n) is 3.98. The lowest BCUT2D eigenvalue weighted by Crippen LogP contribution is -2.21. The van der Waals surface area contributed by atoms with Crippen molar-refractivity contribution in [1.29, 1.82) is 0 Å². The molecule has 0 unspecified atom stereocenters. The van der Waals surface area contributed by atoms with Crippen molar-refractivity contribution in [3.63, 3.8) is 0 Å². The quantitative estimate of drug-likeness (QED) is 0.734. The number of H-pyrrole nitrogens is 2. The topological polar surface area (TPSA) is 94.8 Å². The molecule has 0 saturated carbocycles. The number of alkyl halides is 1. The number of anilines is 1. The van der Waals surface area contributed by atoms with Gasteiger partial charge in [0.15, 0.2) is 0 Å². The summed E-state index contributed by atoms with van der Waals surface area (Å²) in [5.74, 6) is 0.149. The predicted molar refractivity (Wildman–Crippen MR) is 73.8 cm³/mol. The molecule has 0 atom stereocenters. The fraction of sp³-hybridized carbons (Fsp3) is 0.250. The van der Waals surface area contributed by atoms with E-state index in [0.717, 1.165) is 0 Å². The van der Waals surface area contributed by atoms with Crippen molar-refractivity contribution in [2.45, 2.75) is 12.8 Å². The number of carbonyl (C=O) groups excluding carboxylic acids is 1. The zero-order valence-electron chi connectivity index (χ0n) is 9.96. The van der Waals surface area contributed by atoms with Crippen LogP contribution in [-0.2, 0) is 4.79 Å². The van der Waals surface area contributed by atoms with Crippen molar-refractivity contribution in [3.05, 3.63) is 38.9 Å². The van der Waals surface area contributed by atoms with E-state index in [4.69, 9.17) is 11.6 Å². The second kappa shape index (κ2) is 5.71. The lowest BCUT2D eigenvalue weighted by Gasteiger charge is -2.07. The van der Waals surface area contributed by atoms with Gasteiger partial charge >= 0.3 is 0 Å². The molecule has 1 heterocycles. The third kappa shape index (κ3) is 2.85. The number of nitrogens with one attached hydrogen (secondary N) is 3. The van der Waals surface area contributed by atoms with E-state index in [1.165, 1.54) is 6.07 Å². The molecule has 0 radical (unpaired) electrons. The first-order chi connectivity index (χ1) is 9.13. The van der Waals surface area contributed by atoms with Gasteiger partial charge in [0.2, 0.25) is 5.91 Å². The average Bonchev–Trinajstić information content (AvgIpc) is 2.41. The largest absolute Gasteiger partial charge is 0.325 e. The van der Waals surface area contributed by atoms with Crippen molar-refractivity contribution in [3.8, 4) is 0 Å². The molecule has 0 saturated heterocycles. The summed E-state index contributed by atoms with van der Waals surface area (Å²) in [7, 11) is 0. The van der Waals surface area contributed by atoms with E-state index in [-0.39, 0.29) is 23.1 Å². The van der Waals surface area contributed by atoms with Crippen LogP contribution in [0, 0.1) is 0 Å². The number of carbonyl (C=O) groups is 1. The van der Waals surface area contributed by atoms with Gasteiger partial charge in [-0.2, -0.15) is 0 Å². The zero-order chi connectivity index (χ0) is 13.8. The normalized spacial score (nSPS) is 10.6. The minimum Gasteiger partial charge on any atom is -0.325 e. The Bertz CT molecular complexity index is 720. The lowest BCUT2D eigenvalue weighted by molar-refractivity contribution is -0.116. The van der Waals surface area contributed by atoms with E-state index < -0.39 is 11.1 Å². The van der Waals surface area contributed by atoms with Crippen LogP contribution in [0.1, 0.15) is 12.8 Å². The van der Waals surface area contributed by atoms with Gasteiger partial charge in [-0.25, -0.2) is 0 Å². The van der Waals surface area contributed by atoms with Crippen LogP contribution in [-0.4, -0.2) is 22.0 Å². The number of amides is 1. The fourth-order valence-corrected chi connectivity index (χ4v) is 1.91. The fourth-order valence-electron chi connectivity index (χ4n) is 1.77. The van der Waals surface area contributed by atoms with E-state index >= 15 is 0 Å². The van der Waals surface area contributed by atoms with Crippen molar-refractivity contribution in [2.24, 2.45) is 0 Å². The van der Waals surface area contributed by atoms with Crippen LogP contribution in [0.25, 0.3) is 10.8 Å². The van der Waals surface area contributed by atoms with Gasteiger partial charge in [0.25, 0.3) is 11.1 Å². The summed E-state index contributed by atoms with van der Waals surface area (Å²) < 4.78 is 0. The van der Waals surface area contributed by atoms with Gasteiger partial charge in [-0.3, -0.25) is 24.6 Å². The maximum Gasteiger partial charge on any atom is 0.272 e. The van der Waals surface area contributed by atoms with Crippen molar-refractivity contribution in [2.75, 3.05) is 11.2 Å². The summed E-state index contributed by atoms with van der Waals surface area (Å²) in [6.45, 7) is 0. The van der Waals surface area contributed by atoms with Crippen LogP contribution in [0.4, 0.5) is 5.69 Å². The smallest absolute Gasteiger partial charge is 0.272 e. The lowest BCUT2D eigenvalue weighted by atomic mass is 10.1. The summed E-state index contributed by atoms with van der Waals surface area (Å²) in [6.07, 6.45) is 0.816. The molecule has 2 aromatic rings. The summed E-state index contributed by atoms with van der Waals surface area (Å²) >= 11 is 5.51.